The molecule has 0 radical (unpaired) electrons. The Labute approximate surface area is 183 Å². The molecule has 0 spiro atoms. The molecule has 156 valence electrons. The number of rotatable bonds is 4. The molecule has 3 aromatic rings. The van der Waals surface area contributed by atoms with Crippen LogP contribution in [0.25, 0.3) is 11.3 Å². The third-order valence-electron chi connectivity index (χ3n) is 4.80. The average molecular weight is 496 g/mol. The smallest absolute Gasteiger partial charge is 0.287 e. The first-order chi connectivity index (χ1) is 14.3. The molecule has 30 heavy (non-hydrogen) atoms. The molecule has 0 unspecified atom stereocenters. The molecule has 0 atom stereocenters. The van der Waals surface area contributed by atoms with Crippen molar-refractivity contribution in [3.63, 3.8) is 0 Å². The van der Waals surface area contributed by atoms with Gasteiger partial charge in [0.2, 0.25) is 5.91 Å². The van der Waals surface area contributed by atoms with Crippen molar-refractivity contribution in [2.24, 2.45) is 0 Å². The van der Waals surface area contributed by atoms with Crippen LogP contribution in [0.5, 0.6) is 11.5 Å². The number of aromatic hydroxyl groups is 2. The number of hydrogen-bond acceptors (Lipinski definition) is 6. The Hall–Kier alpha value is -2.98. The zero-order chi connectivity index (χ0) is 21.4. The van der Waals surface area contributed by atoms with Gasteiger partial charge in [0.15, 0.2) is 10.4 Å². The first kappa shape index (κ1) is 20.3. The Morgan fingerprint density at radius 1 is 1.30 bits per heavy atom. The number of carbonyl (C=O) groups is 2. The normalized spacial score (nSPS) is 13.2. The van der Waals surface area contributed by atoms with Crippen LogP contribution in [0.15, 0.2) is 33.4 Å². The van der Waals surface area contributed by atoms with Crippen molar-refractivity contribution in [1.82, 2.24) is 20.4 Å². The number of nitrogens with one attached hydrogen (secondary N) is 2. The fourth-order valence-corrected chi connectivity index (χ4v) is 3.73. The second kappa shape index (κ2) is 8.04. The number of phenols is 2. The van der Waals surface area contributed by atoms with Gasteiger partial charge in [-0.15, -0.1) is 0 Å². The second-order valence-corrected chi connectivity index (χ2v) is 7.89. The number of carbonyl (C=O) groups excluding carboxylic acids is 2. The van der Waals surface area contributed by atoms with Gasteiger partial charge in [0.25, 0.3) is 5.91 Å². The van der Waals surface area contributed by atoms with Gasteiger partial charge in [-0.25, -0.2) is 0 Å². The summed E-state index contributed by atoms with van der Waals surface area (Å²) in [5.41, 5.74) is 2.39. The van der Waals surface area contributed by atoms with Crippen LogP contribution < -0.4 is 5.32 Å². The number of phenolic OH excluding ortho intramolecular Hbond substituents is 2. The van der Waals surface area contributed by atoms with Crippen molar-refractivity contribution in [3.05, 3.63) is 51.0 Å². The lowest BCUT2D eigenvalue weighted by molar-refractivity contribution is -0.131. The SMILES string of the molecule is O=C(NCC(=O)N1CCc2[nH]nc(-c3cc(Cl)c(O)cc3O)c2C1)c1ccc(Br)o1. The number of benzene rings is 1. The number of aromatic amines is 1. The van der Waals surface area contributed by atoms with Crippen molar-refractivity contribution in [2.45, 2.75) is 13.0 Å². The van der Waals surface area contributed by atoms with E-state index in [2.05, 4.69) is 31.4 Å². The third-order valence-corrected chi connectivity index (χ3v) is 5.53. The highest BCUT2D eigenvalue weighted by molar-refractivity contribution is 9.10. The van der Waals surface area contributed by atoms with E-state index >= 15 is 0 Å². The van der Waals surface area contributed by atoms with E-state index in [1.807, 2.05) is 0 Å². The maximum atomic E-state index is 12.6. The lowest BCUT2D eigenvalue weighted by atomic mass is 10.00. The van der Waals surface area contributed by atoms with E-state index < -0.39 is 5.91 Å². The molecule has 0 bridgehead atoms. The zero-order valence-electron chi connectivity index (χ0n) is 15.4. The molecule has 0 saturated heterocycles. The van der Waals surface area contributed by atoms with Gasteiger partial charge in [-0.05, 0) is 34.1 Å². The number of hydrogen-bond donors (Lipinski definition) is 4. The molecule has 0 aliphatic carbocycles. The molecule has 11 heteroatoms. The van der Waals surface area contributed by atoms with Gasteiger partial charge in [0.05, 0.1) is 11.6 Å². The summed E-state index contributed by atoms with van der Waals surface area (Å²) >= 11 is 9.10. The molecule has 0 fully saturated rings. The summed E-state index contributed by atoms with van der Waals surface area (Å²) in [7, 11) is 0. The van der Waals surface area contributed by atoms with E-state index in [-0.39, 0.29) is 41.3 Å². The predicted molar refractivity (Wildman–Crippen MR) is 110 cm³/mol. The summed E-state index contributed by atoms with van der Waals surface area (Å²) in [6, 6.07) is 5.66. The second-order valence-electron chi connectivity index (χ2n) is 6.70. The van der Waals surface area contributed by atoms with Crippen LogP contribution in [0, 0.1) is 0 Å². The molecule has 1 aromatic carbocycles. The molecule has 9 nitrogen and oxygen atoms in total. The first-order valence-electron chi connectivity index (χ1n) is 8.92. The first-order valence-corrected chi connectivity index (χ1v) is 10.1. The molecule has 3 heterocycles. The average Bonchev–Trinajstić information content (AvgIpc) is 3.34. The van der Waals surface area contributed by atoms with E-state index in [1.54, 1.807) is 11.0 Å². The van der Waals surface area contributed by atoms with E-state index in [4.69, 9.17) is 16.0 Å². The standard InChI is InChI=1S/C19H16BrClN4O5/c20-16-2-1-15(30-16)19(29)22-7-17(28)25-4-3-12-10(8-25)18(24-23-12)9-5-11(21)14(27)6-13(9)26/h1-2,5-6,26-27H,3-4,7-8H2,(H,22,29)(H,23,24). The minimum atomic E-state index is -0.487. The highest BCUT2D eigenvalue weighted by atomic mass is 79.9. The van der Waals surface area contributed by atoms with Crippen LogP contribution in [0.1, 0.15) is 21.8 Å². The summed E-state index contributed by atoms with van der Waals surface area (Å²) < 4.78 is 5.59. The topological polar surface area (TPSA) is 132 Å². The van der Waals surface area contributed by atoms with Crippen LogP contribution >= 0.6 is 27.5 Å². The molecular formula is C19H16BrClN4O5. The van der Waals surface area contributed by atoms with Crippen LogP contribution in [-0.4, -0.2) is 50.2 Å². The largest absolute Gasteiger partial charge is 0.507 e. The van der Waals surface area contributed by atoms with E-state index in [0.29, 0.717) is 28.9 Å². The van der Waals surface area contributed by atoms with E-state index in [1.165, 1.54) is 12.1 Å². The van der Waals surface area contributed by atoms with Gasteiger partial charge >= 0.3 is 0 Å². The fraction of sp³-hybridized carbons (Fsp3) is 0.211. The van der Waals surface area contributed by atoms with E-state index in [0.717, 1.165) is 17.3 Å². The summed E-state index contributed by atoms with van der Waals surface area (Å²) in [5.74, 6) is -1.06. The molecule has 1 aliphatic rings. The number of H-pyrrole nitrogens is 1. The Bertz CT molecular complexity index is 1140. The van der Waals surface area contributed by atoms with Gasteiger partial charge < -0.3 is 24.8 Å². The minimum absolute atomic E-state index is 0.0792. The summed E-state index contributed by atoms with van der Waals surface area (Å²) in [5, 5.41) is 29.7. The lowest BCUT2D eigenvalue weighted by Gasteiger charge is -2.27. The van der Waals surface area contributed by atoms with Crippen LogP contribution in [-0.2, 0) is 17.8 Å². The molecule has 2 amide bonds. The Morgan fingerprint density at radius 3 is 2.83 bits per heavy atom. The maximum absolute atomic E-state index is 12.6. The van der Waals surface area contributed by atoms with Crippen molar-refractivity contribution >= 4 is 39.3 Å². The molecule has 0 saturated carbocycles. The Balaban J connectivity index is 1.48. The number of nitrogens with zero attached hydrogens (tertiary/aromatic N) is 2. The van der Waals surface area contributed by atoms with Crippen molar-refractivity contribution in [3.8, 4) is 22.8 Å². The molecule has 4 N–H and O–H groups in total. The highest BCUT2D eigenvalue weighted by Gasteiger charge is 2.27. The highest BCUT2D eigenvalue weighted by Crippen LogP contribution is 2.39. The van der Waals surface area contributed by atoms with Gasteiger partial charge in [-0.1, -0.05) is 11.6 Å². The lowest BCUT2D eigenvalue weighted by Crippen LogP contribution is -2.42. The fourth-order valence-electron chi connectivity index (χ4n) is 3.26. The van der Waals surface area contributed by atoms with E-state index in [9.17, 15) is 19.8 Å². The summed E-state index contributed by atoms with van der Waals surface area (Å²) in [6.45, 7) is 0.522. The van der Waals surface area contributed by atoms with Crippen LogP contribution in [0.4, 0.5) is 0 Å². The predicted octanol–water partition coefficient (Wildman–Crippen LogP) is 2.81. The summed E-state index contributed by atoms with van der Waals surface area (Å²) in [6.07, 6.45) is 0.541. The number of aromatic nitrogens is 2. The Morgan fingerprint density at radius 2 is 2.10 bits per heavy atom. The molecule has 1 aliphatic heterocycles. The van der Waals surface area contributed by atoms with Gasteiger partial charge in [-0.3, -0.25) is 14.7 Å². The van der Waals surface area contributed by atoms with Crippen molar-refractivity contribution in [1.29, 1.82) is 0 Å². The van der Waals surface area contributed by atoms with Crippen molar-refractivity contribution in [2.75, 3.05) is 13.1 Å². The maximum Gasteiger partial charge on any atom is 0.287 e. The van der Waals surface area contributed by atoms with Crippen LogP contribution in [0.2, 0.25) is 5.02 Å². The number of fused-ring (bicyclic) bond motifs is 1. The summed E-state index contributed by atoms with van der Waals surface area (Å²) in [4.78, 5) is 26.3. The monoisotopic (exact) mass is 494 g/mol. The molecular weight excluding hydrogens is 480 g/mol. The minimum Gasteiger partial charge on any atom is -0.507 e. The number of furan rings is 1. The van der Waals surface area contributed by atoms with Crippen molar-refractivity contribution < 1.29 is 24.2 Å². The third kappa shape index (κ3) is 3.88. The number of amides is 2. The molecule has 4 rings (SSSR count). The Kier molecular flexibility index (Phi) is 5.44. The quantitative estimate of drug-likeness (QED) is 0.440. The van der Waals surface area contributed by atoms with Gasteiger partial charge in [0, 0.05) is 42.4 Å². The van der Waals surface area contributed by atoms with Gasteiger partial charge in [0.1, 0.15) is 17.2 Å². The zero-order valence-corrected chi connectivity index (χ0v) is 17.7. The van der Waals surface area contributed by atoms with Gasteiger partial charge in [-0.2, -0.15) is 5.10 Å². The number of halogens is 2. The molecule has 2 aromatic heterocycles. The van der Waals surface area contributed by atoms with Crippen LogP contribution in [0.3, 0.4) is 0 Å².